The molecule has 11 heteroatoms. The number of alkyl carbamates (subject to hydrolysis) is 1. The van der Waals surface area contributed by atoms with Crippen LogP contribution in [0, 0.1) is 12.8 Å². The van der Waals surface area contributed by atoms with E-state index in [1.54, 1.807) is 13.3 Å². The number of nitrogens with one attached hydrogen (secondary N) is 1. The number of nitrogens with zero attached hydrogens (tertiary/aromatic N) is 4. The van der Waals surface area contributed by atoms with Crippen LogP contribution in [-0.4, -0.2) is 32.2 Å². The number of imidazole rings is 1. The molecule has 1 saturated carbocycles. The van der Waals surface area contributed by atoms with Crippen molar-refractivity contribution in [3.8, 4) is 0 Å². The zero-order valence-corrected chi connectivity index (χ0v) is 20.1. The summed E-state index contributed by atoms with van der Waals surface area (Å²) < 4.78 is 45.7. The molecule has 1 amide bonds. The van der Waals surface area contributed by atoms with Crippen LogP contribution in [0.5, 0.6) is 0 Å². The van der Waals surface area contributed by atoms with Gasteiger partial charge in [0.15, 0.2) is 11.5 Å². The Kier molecular flexibility index (Phi) is 8.52. The maximum atomic E-state index is 12.8. The number of aromatic nitrogens is 4. The van der Waals surface area contributed by atoms with Gasteiger partial charge in [0.05, 0.1) is 18.5 Å². The Balaban J connectivity index is 0.00000167. The van der Waals surface area contributed by atoms with Gasteiger partial charge in [-0.1, -0.05) is 26.0 Å². The Morgan fingerprint density at radius 3 is 2.60 bits per heavy atom. The van der Waals surface area contributed by atoms with Gasteiger partial charge in [-0.05, 0) is 56.2 Å². The summed E-state index contributed by atoms with van der Waals surface area (Å²) in [6, 6.07) is 5.08. The number of fused-ring (bicyclic) bond motifs is 1. The first-order valence-corrected chi connectivity index (χ1v) is 11.7. The van der Waals surface area contributed by atoms with Crippen molar-refractivity contribution in [2.24, 2.45) is 5.92 Å². The zero-order chi connectivity index (χ0) is 25.6. The number of amides is 1. The third kappa shape index (κ3) is 6.61. The van der Waals surface area contributed by atoms with E-state index in [9.17, 15) is 18.0 Å². The number of aryl methyl sites for hydroxylation is 1. The van der Waals surface area contributed by atoms with Crippen LogP contribution in [0.3, 0.4) is 0 Å². The van der Waals surface area contributed by atoms with Crippen molar-refractivity contribution in [1.82, 2.24) is 24.8 Å². The monoisotopic (exact) mass is 492 g/mol. The second-order valence-corrected chi connectivity index (χ2v) is 8.30. The fourth-order valence-electron chi connectivity index (χ4n) is 4.18. The van der Waals surface area contributed by atoms with Crippen LogP contribution in [0.4, 0.5) is 23.8 Å². The number of nitrogens with two attached hydrogens (primary N) is 1. The number of ether oxygens (including phenoxy) is 1. The second-order valence-electron chi connectivity index (χ2n) is 8.30. The van der Waals surface area contributed by atoms with Crippen LogP contribution in [0.1, 0.15) is 62.5 Å². The number of hydrogen-bond donors (Lipinski definition) is 2. The fourth-order valence-corrected chi connectivity index (χ4v) is 4.18. The summed E-state index contributed by atoms with van der Waals surface area (Å²) in [6.45, 7) is 6.02. The number of halogens is 3. The molecule has 0 atom stereocenters. The molecule has 2 aromatic heterocycles. The topological polar surface area (TPSA) is 108 Å². The molecule has 0 aliphatic heterocycles. The van der Waals surface area contributed by atoms with Gasteiger partial charge in [0.25, 0.3) is 0 Å². The third-order valence-corrected chi connectivity index (χ3v) is 5.91. The van der Waals surface area contributed by atoms with Gasteiger partial charge in [0, 0.05) is 12.6 Å². The highest BCUT2D eigenvalue weighted by molar-refractivity contribution is 5.81. The molecule has 1 aliphatic rings. The first-order chi connectivity index (χ1) is 16.7. The number of alkyl halides is 3. The van der Waals surface area contributed by atoms with Gasteiger partial charge in [-0.15, -0.1) is 0 Å². The summed E-state index contributed by atoms with van der Waals surface area (Å²) in [5.41, 5.74) is 6.89. The van der Waals surface area contributed by atoms with Crippen molar-refractivity contribution >= 4 is 23.1 Å². The van der Waals surface area contributed by atoms with Crippen molar-refractivity contribution < 1.29 is 22.7 Å². The van der Waals surface area contributed by atoms with Crippen LogP contribution in [0.15, 0.2) is 30.6 Å². The second kappa shape index (κ2) is 11.4. The molecule has 1 fully saturated rings. The molecule has 4 rings (SSSR count). The minimum Gasteiger partial charge on any atom is -0.449 e. The fraction of sp³-hybridized carbons (Fsp3) is 0.500. The van der Waals surface area contributed by atoms with E-state index >= 15 is 0 Å². The molecule has 8 nitrogen and oxygen atoms in total. The third-order valence-electron chi connectivity index (χ3n) is 5.91. The van der Waals surface area contributed by atoms with E-state index in [0.29, 0.717) is 22.7 Å². The van der Waals surface area contributed by atoms with Gasteiger partial charge in [-0.2, -0.15) is 13.2 Å². The number of carbonyl (C=O) groups is 1. The molecule has 0 saturated heterocycles. The molecule has 0 spiro atoms. The van der Waals surface area contributed by atoms with Crippen LogP contribution in [-0.2, 0) is 17.5 Å². The van der Waals surface area contributed by atoms with E-state index < -0.39 is 17.8 Å². The Bertz CT molecular complexity index is 1140. The maximum Gasteiger partial charge on any atom is 0.416 e. The van der Waals surface area contributed by atoms with Crippen molar-refractivity contribution in [2.75, 3.05) is 12.3 Å². The van der Waals surface area contributed by atoms with E-state index in [1.165, 1.54) is 12.1 Å². The van der Waals surface area contributed by atoms with Crippen LogP contribution in [0.25, 0.3) is 11.2 Å². The number of rotatable bonds is 5. The standard InChI is InChI=1S/C22H25F3N6O2.C2H6/c1-13-29-19(26)18-20(30-13)31(12-28-18)17-7-5-14(6-8-17)11-33-21(32)27-10-15-3-2-4-16(9-15)22(23,24)25;1-2/h2-4,9,12,14,17H,5-8,10-11H2,1H3,(H,27,32)(H2,26,29,30);1-2H3. The van der Waals surface area contributed by atoms with E-state index in [4.69, 9.17) is 10.5 Å². The highest BCUT2D eigenvalue weighted by Crippen LogP contribution is 2.34. The summed E-state index contributed by atoms with van der Waals surface area (Å²) in [5, 5.41) is 2.51. The number of hydrogen-bond acceptors (Lipinski definition) is 6. The molecule has 2 heterocycles. The summed E-state index contributed by atoms with van der Waals surface area (Å²) >= 11 is 0. The molecule has 0 bridgehead atoms. The Hall–Kier alpha value is -3.37. The van der Waals surface area contributed by atoms with Crippen molar-refractivity contribution in [2.45, 2.75) is 65.2 Å². The summed E-state index contributed by atoms with van der Waals surface area (Å²) in [7, 11) is 0. The zero-order valence-electron chi connectivity index (χ0n) is 20.1. The van der Waals surface area contributed by atoms with Gasteiger partial charge in [-0.3, -0.25) is 0 Å². The average Bonchev–Trinajstić information content (AvgIpc) is 3.27. The number of carbonyl (C=O) groups excluding carboxylic acids is 1. The van der Waals surface area contributed by atoms with Crippen molar-refractivity contribution in [3.63, 3.8) is 0 Å². The predicted molar refractivity (Wildman–Crippen MR) is 126 cm³/mol. The van der Waals surface area contributed by atoms with Crippen LogP contribution >= 0.6 is 0 Å². The predicted octanol–water partition coefficient (Wildman–Crippen LogP) is 5.42. The lowest BCUT2D eigenvalue weighted by Crippen LogP contribution is -2.28. The lowest BCUT2D eigenvalue weighted by atomic mass is 9.86. The molecule has 3 aromatic rings. The van der Waals surface area contributed by atoms with Crippen LogP contribution < -0.4 is 11.1 Å². The smallest absolute Gasteiger partial charge is 0.416 e. The first-order valence-electron chi connectivity index (χ1n) is 11.7. The molecule has 3 N–H and O–H groups in total. The Morgan fingerprint density at radius 1 is 1.20 bits per heavy atom. The summed E-state index contributed by atoms with van der Waals surface area (Å²) in [6.07, 6.45) is 0.185. The van der Waals surface area contributed by atoms with Gasteiger partial charge in [-0.25, -0.2) is 19.7 Å². The molecular formula is C24H31F3N6O2. The number of anilines is 1. The van der Waals surface area contributed by atoms with Gasteiger partial charge in [0.1, 0.15) is 11.3 Å². The minimum atomic E-state index is -4.42. The average molecular weight is 493 g/mol. The quantitative estimate of drug-likeness (QED) is 0.492. The normalized spacial score (nSPS) is 18.0. The largest absolute Gasteiger partial charge is 0.449 e. The highest BCUT2D eigenvalue weighted by atomic mass is 19.4. The Morgan fingerprint density at radius 2 is 1.91 bits per heavy atom. The lowest BCUT2D eigenvalue weighted by molar-refractivity contribution is -0.137. The van der Waals surface area contributed by atoms with E-state index in [-0.39, 0.29) is 25.1 Å². The molecular weight excluding hydrogens is 461 g/mol. The van der Waals surface area contributed by atoms with E-state index in [0.717, 1.165) is 43.5 Å². The molecule has 0 radical (unpaired) electrons. The summed E-state index contributed by atoms with van der Waals surface area (Å²) in [5.74, 6) is 1.19. The van der Waals surface area contributed by atoms with Gasteiger partial charge in [0.2, 0.25) is 0 Å². The SMILES string of the molecule is CC.Cc1nc(N)c2ncn(C3CCC(COC(=O)NCc4cccc(C(F)(F)F)c4)CC3)c2n1. The van der Waals surface area contributed by atoms with Crippen molar-refractivity contribution in [3.05, 3.63) is 47.5 Å². The lowest BCUT2D eigenvalue weighted by Gasteiger charge is -2.29. The molecule has 1 aliphatic carbocycles. The molecule has 0 unspecified atom stereocenters. The minimum absolute atomic E-state index is 0.0341. The first kappa shape index (κ1) is 26.2. The molecule has 190 valence electrons. The van der Waals surface area contributed by atoms with Crippen molar-refractivity contribution in [1.29, 1.82) is 0 Å². The van der Waals surface area contributed by atoms with Gasteiger partial charge >= 0.3 is 12.3 Å². The highest BCUT2D eigenvalue weighted by Gasteiger charge is 2.30. The molecule has 1 aromatic carbocycles. The maximum absolute atomic E-state index is 12.8. The van der Waals surface area contributed by atoms with E-state index in [2.05, 4.69) is 20.3 Å². The Labute approximate surface area is 202 Å². The summed E-state index contributed by atoms with van der Waals surface area (Å²) in [4.78, 5) is 25.0. The van der Waals surface area contributed by atoms with Crippen LogP contribution in [0.2, 0.25) is 0 Å². The van der Waals surface area contributed by atoms with Gasteiger partial charge < -0.3 is 20.4 Å². The molecule has 35 heavy (non-hydrogen) atoms. The number of benzene rings is 1. The number of nitrogen functional groups attached to an aromatic ring is 1. The van der Waals surface area contributed by atoms with E-state index in [1.807, 2.05) is 18.4 Å².